The highest BCUT2D eigenvalue weighted by molar-refractivity contribution is 7.99. The topological polar surface area (TPSA) is 62.7 Å². The van der Waals surface area contributed by atoms with Crippen molar-refractivity contribution in [2.45, 2.75) is 43.9 Å². The van der Waals surface area contributed by atoms with Gasteiger partial charge in [-0.1, -0.05) is 18.7 Å². The molecular weight excluding hydrogens is 224 g/mol. The van der Waals surface area contributed by atoms with Crippen LogP contribution in [0, 0.1) is 0 Å². The van der Waals surface area contributed by atoms with E-state index in [2.05, 4.69) is 22.4 Å². The standard InChI is InChI=1S/C10H18N4OS/c1-2-6-14-9(15)12-13-10(14)16-7-8-4-3-5-11-8/h8,11H,2-7H2,1H3,(H,12,15). The summed E-state index contributed by atoms with van der Waals surface area (Å²) in [5.41, 5.74) is -0.0938. The minimum Gasteiger partial charge on any atom is -0.313 e. The predicted octanol–water partition coefficient (Wildman–Crippen LogP) is 0.825. The third kappa shape index (κ3) is 2.68. The third-order valence-electron chi connectivity index (χ3n) is 2.75. The van der Waals surface area contributed by atoms with Gasteiger partial charge in [0.15, 0.2) is 5.16 Å². The molecule has 1 atom stereocenters. The van der Waals surface area contributed by atoms with Gasteiger partial charge in [0.25, 0.3) is 0 Å². The molecule has 0 aliphatic carbocycles. The van der Waals surface area contributed by atoms with Gasteiger partial charge in [0.2, 0.25) is 0 Å². The summed E-state index contributed by atoms with van der Waals surface area (Å²) in [5.74, 6) is 0.994. The van der Waals surface area contributed by atoms with E-state index in [0.717, 1.165) is 30.4 Å². The Morgan fingerprint density at radius 3 is 3.19 bits per heavy atom. The zero-order valence-electron chi connectivity index (χ0n) is 9.53. The molecule has 1 aliphatic rings. The minimum absolute atomic E-state index is 0.0938. The van der Waals surface area contributed by atoms with Gasteiger partial charge in [-0.3, -0.25) is 4.57 Å². The van der Waals surface area contributed by atoms with Crippen LogP contribution >= 0.6 is 11.8 Å². The molecule has 1 aliphatic heterocycles. The highest BCUT2D eigenvalue weighted by Crippen LogP contribution is 2.18. The van der Waals surface area contributed by atoms with E-state index >= 15 is 0 Å². The van der Waals surface area contributed by atoms with Crippen LogP contribution in [0.4, 0.5) is 0 Å². The van der Waals surface area contributed by atoms with Crippen molar-refractivity contribution in [2.75, 3.05) is 12.3 Å². The van der Waals surface area contributed by atoms with E-state index < -0.39 is 0 Å². The fraction of sp³-hybridized carbons (Fsp3) is 0.800. The zero-order valence-corrected chi connectivity index (χ0v) is 10.3. The summed E-state index contributed by atoms with van der Waals surface area (Å²) < 4.78 is 1.72. The normalized spacial score (nSPS) is 20.4. The molecule has 6 heteroatoms. The summed E-state index contributed by atoms with van der Waals surface area (Å²) in [5, 5.41) is 10.8. The molecule has 0 saturated carbocycles. The van der Waals surface area contributed by atoms with E-state index in [4.69, 9.17) is 0 Å². The Morgan fingerprint density at radius 1 is 1.62 bits per heavy atom. The number of aromatic amines is 1. The number of H-pyrrole nitrogens is 1. The number of aromatic nitrogens is 3. The minimum atomic E-state index is -0.0938. The first-order chi connectivity index (χ1) is 7.81. The molecule has 16 heavy (non-hydrogen) atoms. The summed E-state index contributed by atoms with van der Waals surface area (Å²) >= 11 is 1.66. The summed E-state index contributed by atoms with van der Waals surface area (Å²) in [7, 11) is 0. The predicted molar refractivity (Wildman–Crippen MR) is 64.9 cm³/mol. The molecule has 1 saturated heterocycles. The number of nitrogens with zero attached hydrogens (tertiary/aromatic N) is 2. The van der Waals surface area contributed by atoms with E-state index in [0.29, 0.717) is 6.04 Å². The summed E-state index contributed by atoms with van der Waals surface area (Å²) in [4.78, 5) is 11.4. The van der Waals surface area contributed by atoms with Crippen LogP contribution in [0.2, 0.25) is 0 Å². The lowest BCUT2D eigenvalue weighted by Crippen LogP contribution is -2.24. The third-order valence-corrected chi connectivity index (χ3v) is 3.89. The molecule has 0 spiro atoms. The smallest absolute Gasteiger partial charge is 0.313 e. The van der Waals surface area contributed by atoms with Crippen molar-refractivity contribution in [3.63, 3.8) is 0 Å². The van der Waals surface area contributed by atoms with Crippen molar-refractivity contribution in [3.8, 4) is 0 Å². The van der Waals surface area contributed by atoms with Crippen LogP contribution in [0.1, 0.15) is 26.2 Å². The van der Waals surface area contributed by atoms with Crippen molar-refractivity contribution < 1.29 is 0 Å². The lowest BCUT2D eigenvalue weighted by atomic mass is 10.3. The van der Waals surface area contributed by atoms with Gasteiger partial charge in [0.1, 0.15) is 0 Å². The summed E-state index contributed by atoms with van der Waals surface area (Å²) in [6.45, 7) is 3.93. The van der Waals surface area contributed by atoms with Crippen molar-refractivity contribution in [1.82, 2.24) is 20.1 Å². The molecule has 2 heterocycles. The van der Waals surface area contributed by atoms with Gasteiger partial charge >= 0.3 is 5.69 Å². The number of hydrogen-bond donors (Lipinski definition) is 2. The first kappa shape index (κ1) is 11.7. The Hall–Kier alpha value is -0.750. The number of nitrogens with one attached hydrogen (secondary N) is 2. The lowest BCUT2D eigenvalue weighted by Gasteiger charge is -2.09. The number of rotatable bonds is 5. The van der Waals surface area contributed by atoms with Crippen molar-refractivity contribution in [2.24, 2.45) is 0 Å². The van der Waals surface area contributed by atoms with Gasteiger partial charge < -0.3 is 5.32 Å². The largest absolute Gasteiger partial charge is 0.343 e. The molecule has 5 nitrogen and oxygen atoms in total. The van der Waals surface area contributed by atoms with Crippen LogP contribution < -0.4 is 11.0 Å². The molecule has 0 amide bonds. The monoisotopic (exact) mass is 242 g/mol. The Morgan fingerprint density at radius 2 is 2.50 bits per heavy atom. The lowest BCUT2D eigenvalue weighted by molar-refractivity contribution is 0.601. The number of hydrogen-bond acceptors (Lipinski definition) is 4. The van der Waals surface area contributed by atoms with Gasteiger partial charge in [-0.15, -0.1) is 5.10 Å². The van der Waals surface area contributed by atoms with E-state index in [1.165, 1.54) is 12.8 Å². The molecule has 90 valence electrons. The molecular formula is C10H18N4OS. The van der Waals surface area contributed by atoms with Crippen molar-refractivity contribution >= 4 is 11.8 Å². The van der Waals surface area contributed by atoms with E-state index in [9.17, 15) is 4.79 Å². The average Bonchev–Trinajstić information content (AvgIpc) is 2.89. The maximum Gasteiger partial charge on any atom is 0.343 e. The highest BCUT2D eigenvalue weighted by atomic mass is 32.2. The fourth-order valence-electron chi connectivity index (χ4n) is 1.91. The van der Waals surface area contributed by atoms with Crippen LogP contribution in [-0.4, -0.2) is 33.1 Å². The van der Waals surface area contributed by atoms with Crippen LogP contribution in [0.3, 0.4) is 0 Å². The van der Waals surface area contributed by atoms with Crippen molar-refractivity contribution in [1.29, 1.82) is 0 Å². The van der Waals surface area contributed by atoms with Gasteiger partial charge in [0.05, 0.1) is 0 Å². The molecule has 1 aromatic heterocycles. The van der Waals surface area contributed by atoms with Crippen LogP contribution in [0.5, 0.6) is 0 Å². The van der Waals surface area contributed by atoms with E-state index in [1.54, 1.807) is 16.3 Å². The van der Waals surface area contributed by atoms with E-state index in [-0.39, 0.29) is 5.69 Å². The first-order valence-electron chi connectivity index (χ1n) is 5.82. The average molecular weight is 242 g/mol. The first-order valence-corrected chi connectivity index (χ1v) is 6.81. The second-order valence-corrected chi connectivity index (χ2v) is 5.05. The quantitative estimate of drug-likeness (QED) is 0.751. The van der Waals surface area contributed by atoms with Crippen LogP contribution in [0.15, 0.2) is 9.95 Å². The Bertz CT molecular complexity index is 380. The SMILES string of the molecule is CCCn1c(SCC2CCCN2)n[nH]c1=O. The van der Waals surface area contributed by atoms with Gasteiger partial charge in [-0.2, -0.15) is 0 Å². The van der Waals surface area contributed by atoms with Gasteiger partial charge in [-0.25, -0.2) is 9.89 Å². The Kier molecular flexibility index (Phi) is 4.06. The molecule has 1 unspecified atom stereocenters. The van der Waals surface area contributed by atoms with Crippen LogP contribution in [0.25, 0.3) is 0 Å². The molecule has 0 aromatic carbocycles. The summed E-state index contributed by atoms with van der Waals surface area (Å²) in [6.07, 6.45) is 3.44. The molecule has 1 fully saturated rings. The molecule has 1 aromatic rings. The van der Waals surface area contributed by atoms with E-state index in [1.807, 2.05) is 0 Å². The Balaban J connectivity index is 1.95. The van der Waals surface area contributed by atoms with Gasteiger partial charge in [0, 0.05) is 18.3 Å². The highest BCUT2D eigenvalue weighted by Gasteiger charge is 2.16. The zero-order chi connectivity index (χ0) is 11.4. The van der Waals surface area contributed by atoms with Crippen LogP contribution in [-0.2, 0) is 6.54 Å². The maximum absolute atomic E-state index is 11.4. The molecule has 0 bridgehead atoms. The second kappa shape index (κ2) is 5.54. The molecule has 0 radical (unpaired) electrons. The Labute approximate surface area is 99.0 Å². The van der Waals surface area contributed by atoms with Crippen molar-refractivity contribution in [3.05, 3.63) is 10.5 Å². The number of thioether (sulfide) groups is 1. The second-order valence-electron chi connectivity index (χ2n) is 4.07. The molecule has 2 rings (SSSR count). The summed E-state index contributed by atoms with van der Waals surface area (Å²) in [6, 6.07) is 0.576. The molecule has 2 N–H and O–H groups in total. The maximum atomic E-state index is 11.4. The fourth-order valence-corrected chi connectivity index (χ4v) is 2.98. The van der Waals surface area contributed by atoms with Gasteiger partial charge in [-0.05, 0) is 25.8 Å².